The number of aromatic nitrogens is 1. The SMILES string of the molecule is COc1cccc(CNCc2ccccn2)c1.[Cl-]. The summed E-state index contributed by atoms with van der Waals surface area (Å²) in [5.74, 6) is 0.891. The van der Waals surface area contributed by atoms with Crippen molar-refractivity contribution in [2.45, 2.75) is 13.1 Å². The zero-order chi connectivity index (χ0) is 11.9. The Morgan fingerprint density at radius 3 is 2.72 bits per heavy atom. The minimum atomic E-state index is 0. The maximum absolute atomic E-state index is 5.18. The average Bonchev–Trinajstić information content (AvgIpc) is 2.40. The van der Waals surface area contributed by atoms with Crippen molar-refractivity contribution in [2.24, 2.45) is 0 Å². The Bertz CT molecular complexity index is 462. The van der Waals surface area contributed by atoms with Crippen molar-refractivity contribution in [3.63, 3.8) is 0 Å². The lowest BCUT2D eigenvalue weighted by Crippen LogP contribution is -3.00. The third-order valence-electron chi connectivity index (χ3n) is 2.50. The summed E-state index contributed by atoms with van der Waals surface area (Å²) < 4.78 is 5.18. The summed E-state index contributed by atoms with van der Waals surface area (Å²) in [6.07, 6.45) is 1.81. The highest BCUT2D eigenvalue weighted by atomic mass is 35.5. The molecule has 0 aliphatic heterocycles. The molecule has 0 saturated heterocycles. The molecule has 0 fully saturated rings. The molecule has 3 nitrogen and oxygen atoms in total. The fraction of sp³-hybridized carbons (Fsp3) is 0.214. The monoisotopic (exact) mass is 263 g/mol. The van der Waals surface area contributed by atoms with E-state index in [4.69, 9.17) is 4.74 Å². The molecule has 0 unspecified atom stereocenters. The lowest BCUT2D eigenvalue weighted by Gasteiger charge is -2.06. The lowest BCUT2D eigenvalue weighted by atomic mass is 10.2. The first kappa shape index (κ1) is 14.5. The third kappa shape index (κ3) is 4.35. The van der Waals surface area contributed by atoms with Gasteiger partial charge in [0.15, 0.2) is 0 Å². The Hall–Kier alpha value is -1.58. The van der Waals surface area contributed by atoms with Crippen molar-refractivity contribution < 1.29 is 17.1 Å². The molecule has 0 aliphatic rings. The molecule has 96 valence electrons. The molecule has 2 rings (SSSR count). The molecule has 2 aromatic rings. The summed E-state index contributed by atoms with van der Waals surface area (Å²) in [6, 6.07) is 14.0. The first-order valence-electron chi connectivity index (χ1n) is 5.62. The van der Waals surface area contributed by atoms with Crippen molar-refractivity contribution in [1.29, 1.82) is 0 Å². The van der Waals surface area contributed by atoms with Gasteiger partial charge in [-0.25, -0.2) is 0 Å². The number of rotatable bonds is 5. The van der Waals surface area contributed by atoms with Crippen molar-refractivity contribution >= 4 is 0 Å². The van der Waals surface area contributed by atoms with Gasteiger partial charge < -0.3 is 22.5 Å². The van der Waals surface area contributed by atoms with Crippen LogP contribution in [0.4, 0.5) is 0 Å². The molecule has 0 spiro atoms. The van der Waals surface area contributed by atoms with Crippen LogP contribution in [-0.4, -0.2) is 12.1 Å². The van der Waals surface area contributed by atoms with Crippen LogP contribution in [0.3, 0.4) is 0 Å². The van der Waals surface area contributed by atoms with E-state index in [1.807, 2.05) is 42.6 Å². The van der Waals surface area contributed by atoms with Gasteiger partial charge in [0, 0.05) is 19.3 Å². The smallest absolute Gasteiger partial charge is 0.119 e. The van der Waals surface area contributed by atoms with E-state index in [-0.39, 0.29) is 12.4 Å². The van der Waals surface area contributed by atoms with E-state index in [0.717, 1.165) is 24.5 Å². The molecule has 4 heteroatoms. The topological polar surface area (TPSA) is 34.1 Å². The molecule has 0 atom stereocenters. The Labute approximate surface area is 114 Å². The van der Waals surface area contributed by atoms with Crippen LogP contribution in [0.5, 0.6) is 5.75 Å². The van der Waals surface area contributed by atoms with Gasteiger partial charge in [0.1, 0.15) is 5.75 Å². The maximum Gasteiger partial charge on any atom is 0.119 e. The van der Waals surface area contributed by atoms with E-state index in [9.17, 15) is 0 Å². The predicted octanol–water partition coefficient (Wildman–Crippen LogP) is -0.616. The lowest BCUT2D eigenvalue weighted by molar-refractivity contribution is -0.00000391. The van der Waals surface area contributed by atoms with Crippen LogP contribution in [-0.2, 0) is 13.1 Å². The molecular weight excluding hydrogens is 248 g/mol. The van der Waals surface area contributed by atoms with E-state index < -0.39 is 0 Å². The van der Waals surface area contributed by atoms with E-state index in [2.05, 4.69) is 16.4 Å². The fourth-order valence-electron chi connectivity index (χ4n) is 1.62. The zero-order valence-electron chi connectivity index (χ0n) is 10.3. The predicted molar refractivity (Wildman–Crippen MR) is 67.8 cm³/mol. The highest BCUT2D eigenvalue weighted by Crippen LogP contribution is 2.12. The van der Waals surface area contributed by atoms with Crippen molar-refractivity contribution in [3.8, 4) is 5.75 Å². The molecule has 0 aliphatic carbocycles. The maximum atomic E-state index is 5.18. The highest BCUT2D eigenvalue weighted by molar-refractivity contribution is 5.28. The molecule has 1 N–H and O–H groups in total. The van der Waals surface area contributed by atoms with Crippen molar-refractivity contribution in [1.82, 2.24) is 10.3 Å². The van der Waals surface area contributed by atoms with Crippen LogP contribution in [0.25, 0.3) is 0 Å². The minimum absolute atomic E-state index is 0. The van der Waals surface area contributed by atoms with Crippen molar-refractivity contribution in [2.75, 3.05) is 7.11 Å². The molecule has 0 radical (unpaired) electrons. The van der Waals surface area contributed by atoms with Crippen LogP contribution >= 0.6 is 0 Å². The average molecular weight is 264 g/mol. The van der Waals surface area contributed by atoms with Gasteiger partial charge >= 0.3 is 0 Å². The summed E-state index contributed by atoms with van der Waals surface area (Å²) in [6.45, 7) is 1.59. The third-order valence-corrected chi connectivity index (χ3v) is 2.50. The molecule has 0 amide bonds. The number of pyridine rings is 1. The van der Waals surface area contributed by atoms with Gasteiger partial charge in [-0.05, 0) is 29.8 Å². The summed E-state index contributed by atoms with van der Waals surface area (Å²) in [5.41, 5.74) is 2.26. The number of ether oxygens (including phenoxy) is 1. The van der Waals surface area contributed by atoms with Crippen LogP contribution < -0.4 is 22.5 Å². The second-order valence-electron chi connectivity index (χ2n) is 3.78. The largest absolute Gasteiger partial charge is 1.00 e. The van der Waals surface area contributed by atoms with Crippen LogP contribution in [0.1, 0.15) is 11.3 Å². The number of methoxy groups -OCH3 is 1. The summed E-state index contributed by atoms with van der Waals surface area (Å²) in [5, 5.41) is 3.35. The number of nitrogens with zero attached hydrogens (tertiary/aromatic N) is 1. The van der Waals surface area contributed by atoms with E-state index >= 15 is 0 Å². The Balaban J connectivity index is 0.00000162. The fourth-order valence-corrected chi connectivity index (χ4v) is 1.62. The number of hydrogen-bond donors (Lipinski definition) is 1. The summed E-state index contributed by atoms with van der Waals surface area (Å²) >= 11 is 0. The van der Waals surface area contributed by atoms with Gasteiger partial charge in [-0.1, -0.05) is 18.2 Å². The second-order valence-corrected chi connectivity index (χ2v) is 3.78. The van der Waals surface area contributed by atoms with Crippen molar-refractivity contribution in [3.05, 3.63) is 59.9 Å². The minimum Gasteiger partial charge on any atom is -1.00 e. The van der Waals surface area contributed by atoms with Crippen LogP contribution in [0, 0.1) is 0 Å². The van der Waals surface area contributed by atoms with Crippen LogP contribution in [0.15, 0.2) is 48.7 Å². The van der Waals surface area contributed by atoms with E-state index in [0.29, 0.717) is 0 Å². The van der Waals surface area contributed by atoms with Gasteiger partial charge in [-0.3, -0.25) is 4.98 Å². The first-order valence-corrected chi connectivity index (χ1v) is 5.62. The summed E-state index contributed by atoms with van der Waals surface area (Å²) in [7, 11) is 1.68. The molecular formula is C14H16ClN2O-. The standard InChI is InChI=1S/C14H16N2O.ClH/c1-17-14-7-4-5-12(9-14)10-15-11-13-6-2-3-8-16-13;/h2-9,15H,10-11H2,1H3;1H/p-1. The second kappa shape index (κ2) is 7.69. The van der Waals surface area contributed by atoms with Gasteiger partial charge in [-0.15, -0.1) is 0 Å². The van der Waals surface area contributed by atoms with E-state index in [1.165, 1.54) is 5.56 Å². The first-order chi connectivity index (χ1) is 8.38. The highest BCUT2D eigenvalue weighted by Gasteiger charge is 1.96. The molecule has 18 heavy (non-hydrogen) atoms. The number of hydrogen-bond acceptors (Lipinski definition) is 3. The van der Waals surface area contributed by atoms with Crippen LogP contribution in [0.2, 0.25) is 0 Å². The Morgan fingerprint density at radius 1 is 1.11 bits per heavy atom. The van der Waals surface area contributed by atoms with E-state index in [1.54, 1.807) is 7.11 Å². The summed E-state index contributed by atoms with van der Waals surface area (Å²) in [4.78, 5) is 4.26. The molecule has 1 aromatic heterocycles. The number of benzene rings is 1. The van der Waals surface area contributed by atoms with Gasteiger partial charge in [0.2, 0.25) is 0 Å². The Kier molecular flexibility index (Phi) is 6.19. The van der Waals surface area contributed by atoms with Gasteiger partial charge in [0.25, 0.3) is 0 Å². The van der Waals surface area contributed by atoms with Gasteiger partial charge in [0.05, 0.1) is 12.8 Å². The number of nitrogens with one attached hydrogen (secondary N) is 1. The molecule has 0 saturated carbocycles. The quantitative estimate of drug-likeness (QED) is 0.781. The molecule has 1 heterocycles. The molecule has 1 aromatic carbocycles. The molecule has 0 bridgehead atoms. The Morgan fingerprint density at radius 2 is 2.00 bits per heavy atom. The zero-order valence-corrected chi connectivity index (χ0v) is 11.0. The number of halogens is 1. The normalized spacial score (nSPS) is 9.61. The van der Waals surface area contributed by atoms with Gasteiger partial charge in [-0.2, -0.15) is 0 Å².